The van der Waals surface area contributed by atoms with Crippen LogP contribution in [0.4, 0.5) is 5.69 Å². The lowest BCUT2D eigenvalue weighted by Gasteiger charge is -2.07. The van der Waals surface area contributed by atoms with E-state index in [0.29, 0.717) is 9.84 Å². The number of imidazole rings is 1. The van der Waals surface area contributed by atoms with Crippen molar-refractivity contribution in [2.75, 3.05) is 5.32 Å². The van der Waals surface area contributed by atoms with Crippen LogP contribution < -0.4 is 10.9 Å². The van der Waals surface area contributed by atoms with Gasteiger partial charge in [-0.2, -0.15) is 0 Å². The standard InChI is InChI=1S/C18H13N3O2S/c1-11-6-2-3-7-12(11)19-17(23)15-10-16(22)21-14-9-5-4-8-13(14)20-18(21)24-15/h2-10H,1H3,(H,19,23). The average Bonchev–Trinajstić information content (AvgIpc) is 2.95. The SMILES string of the molecule is Cc1ccccc1NC(=O)c1cc(=O)n2c(nc3ccccc32)s1. The normalized spacial score (nSPS) is 11.0. The first-order valence-electron chi connectivity index (χ1n) is 7.42. The summed E-state index contributed by atoms with van der Waals surface area (Å²) in [6.07, 6.45) is 0. The van der Waals surface area contributed by atoms with Crippen LogP contribution in [-0.2, 0) is 0 Å². The Bertz CT molecular complexity index is 1140. The lowest BCUT2D eigenvalue weighted by Crippen LogP contribution is -2.17. The van der Waals surface area contributed by atoms with Gasteiger partial charge in [0.1, 0.15) is 4.88 Å². The fourth-order valence-electron chi connectivity index (χ4n) is 2.60. The Morgan fingerprint density at radius 2 is 1.88 bits per heavy atom. The van der Waals surface area contributed by atoms with Gasteiger partial charge in [-0.15, -0.1) is 0 Å². The molecule has 4 aromatic rings. The largest absolute Gasteiger partial charge is 0.321 e. The zero-order valence-corrected chi connectivity index (χ0v) is 13.6. The van der Waals surface area contributed by atoms with E-state index >= 15 is 0 Å². The Morgan fingerprint density at radius 1 is 1.12 bits per heavy atom. The minimum absolute atomic E-state index is 0.257. The Labute approximate surface area is 141 Å². The lowest BCUT2D eigenvalue weighted by atomic mass is 10.2. The third kappa shape index (κ3) is 2.37. The van der Waals surface area contributed by atoms with Gasteiger partial charge in [0.25, 0.3) is 11.5 Å². The van der Waals surface area contributed by atoms with Gasteiger partial charge in [0.15, 0.2) is 4.96 Å². The molecule has 0 unspecified atom stereocenters. The fraction of sp³-hybridized carbons (Fsp3) is 0.0556. The van der Waals surface area contributed by atoms with Crippen LogP contribution in [0.5, 0.6) is 0 Å². The summed E-state index contributed by atoms with van der Waals surface area (Å²) in [4.78, 5) is 30.2. The first kappa shape index (κ1) is 14.6. The molecular weight excluding hydrogens is 322 g/mol. The second kappa shape index (κ2) is 5.58. The van der Waals surface area contributed by atoms with Crippen molar-refractivity contribution in [3.63, 3.8) is 0 Å². The molecule has 0 bridgehead atoms. The molecule has 5 nitrogen and oxygen atoms in total. The summed E-state index contributed by atoms with van der Waals surface area (Å²) in [6.45, 7) is 1.92. The maximum Gasteiger partial charge on any atom is 0.266 e. The van der Waals surface area contributed by atoms with Crippen molar-refractivity contribution in [2.45, 2.75) is 6.92 Å². The Morgan fingerprint density at radius 3 is 2.71 bits per heavy atom. The number of hydrogen-bond acceptors (Lipinski definition) is 4. The van der Waals surface area contributed by atoms with E-state index in [1.165, 1.54) is 21.8 Å². The minimum Gasteiger partial charge on any atom is -0.321 e. The molecule has 2 aromatic heterocycles. The number of aromatic nitrogens is 2. The molecule has 0 aliphatic rings. The van der Waals surface area contributed by atoms with Crippen LogP contribution in [0, 0.1) is 6.92 Å². The van der Waals surface area contributed by atoms with Crippen LogP contribution >= 0.6 is 11.3 Å². The van der Waals surface area contributed by atoms with Crippen LogP contribution in [0.15, 0.2) is 59.4 Å². The van der Waals surface area contributed by atoms with Crippen LogP contribution in [0.25, 0.3) is 16.0 Å². The van der Waals surface area contributed by atoms with Gasteiger partial charge < -0.3 is 5.32 Å². The number of anilines is 1. The van der Waals surface area contributed by atoms with E-state index in [9.17, 15) is 9.59 Å². The first-order chi connectivity index (χ1) is 11.6. The van der Waals surface area contributed by atoms with Crippen molar-refractivity contribution in [3.8, 4) is 0 Å². The van der Waals surface area contributed by atoms with Gasteiger partial charge in [0.2, 0.25) is 0 Å². The number of nitrogens with one attached hydrogen (secondary N) is 1. The molecule has 0 radical (unpaired) electrons. The Balaban J connectivity index is 1.80. The van der Waals surface area contributed by atoms with Crippen molar-refractivity contribution < 1.29 is 4.79 Å². The van der Waals surface area contributed by atoms with E-state index < -0.39 is 0 Å². The number of amides is 1. The molecule has 4 rings (SSSR count). The highest BCUT2D eigenvalue weighted by Crippen LogP contribution is 2.21. The molecule has 2 heterocycles. The maximum absolute atomic E-state index is 12.5. The van der Waals surface area contributed by atoms with Crippen LogP contribution in [0.1, 0.15) is 15.2 Å². The molecule has 1 N–H and O–H groups in total. The summed E-state index contributed by atoms with van der Waals surface area (Å²) in [5, 5.41) is 2.85. The van der Waals surface area contributed by atoms with E-state index in [0.717, 1.165) is 22.3 Å². The molecule has 6 heteroatoms. The first-order valence-corrected chi connectivity index (χ1v) is 8.23. The Hall–Kier alpha value is -2.99. The molecule has 24 heavy (non-hydrogen) atoms. The van der Waals surface area contributed by atoms with Crippen molar-refractivity contribution in [1.29, 1.82) is 0 Å². The molecule has 0 atom stereocenters. The second-order valence-electron chi connectivity index (χ2n) is 5.44. The summed E-state index contributed by atoms with van der Waals surface area (Å²) in [6, 6.07) is 16.3. The van der Waals surface area contributed by atoms with E-state index in [1.54, 1.807) is 0 Å². The van der Waals surface area contributed by atoms with Gasteiger partial charge in [0, 0.05) is 11.8 Å². The highest BCUT2D eigenvalue weighted by molar-refractivity contribution is 7.18. The van der Waals surface area contributed by atoms with Gasteiger partial charge >= 0.3 is 0 Å². The minimum atomic E-state index is -0.305. The predicted octanol–water partition coefficient (Wildman–Crippen LogP) is 3.47. The second-order valence-corrected chi connectivity index (χ2v) is 6.45. The van der Waals surface area contributed by atoms with Gasteiger partial charge in [-0.25, -0.2) is 4.98 Å². The predicted molar refractivity (Wildman–Crippen MR) is 96.0 cm³/mol. The zero-order valence-electron chi connectivity index (χ0n) is 12.8. The van der Waals surface area contributed by atoms with E-state index in [-0.39, 0.29) is 11.5 Å². The van der Waals surface area contributed by atoms with Gasteiger partial charge in [-0.1, -0.05) is 41.7 Å². The number of aryl methyl sites for hydroxylation is 1. The summed E-state index contributed by atoms with van der Waals surface area (Å²) >= 11 is 1.20. The zero-order chi connectivity index (χ0) is 16.7. The quantitative estimate of drug-likeness (QED) is 0.610. The third-order valence-electron chi connectivity index (χ3n) is 3.82. The molecular formula is C18H13N3O2S. The van der Waals surface area contributed by atoms with Crippen molar-refractivity contribution >= 4 is 38.9 Å². The molecule has 0 spiro atoms. The van der Waals surface area contributed by atoms with E-state index in [2.05, 4.69) is 10.3 Å². The van der Waals surface area contributed by atoms with Gasteiger partial charge in [0.05, 0.1) is 11.0 Å². The molecule has 2 aromatic carbocycles. The monoisotopic (exact) mass is 335 g/mol. The molecule has 1 amide bonds. The number of rotatable bonds is 2. The summed E-state index contributed by atoms with van der Waals surface area (Å²) in [5.74, 6) is -0.305. The highest BCUT2D eigenvalue weighted by Gasteiger charge is 2.14. The average molecular weight is 335 g/mol. The number of carbonyl (C=O) groups is 1. The molecule has 0 saturated heterocycles. The van der Waals surface area contributed by atoms with Crippen LogP contribution in [0.2, 0.25) is 0 Å². The van der Waals surface area contributed by atoms with E-state index in [4.69, 9.17) is 0 Å². The topological polar surface area (TPSA) is 63.5 Å². The number of benzene rings is 2. The molecule has 118 valence electrons. The van der Waals surface area contributed by atoms with Gasteiger partial charge in [-0.05, 0) is 30.7 Å². The number of nitrogens with zero attached hydrogens (tertiary/aromatic N) is 2. The number of para-hydroxylation sites is 3. The fourth-order valence-corrected chi connectivity index (χ4v) is 3.52. The third-order valence-corrected chi connectivity index (χ3v) is 4.80. The molecule has 0 saturated carbocycles. The molecule has 0 aliphatic carbocycles. The molecule has 0 aliphatic heterocycles. The number of hydrogen-bond donors (Lipinski definition) is 1. The van der Waals surface area contributed by atoms with E-state index in [1.807, 2.05) is 55.5 Å². The lowest BCUT2D eigenvalue weighted by molar-refractivity contribution is 0.103. The molecule has 0 fully saturated rings. The van der Waals surface area contributed by atoms with Crippen molar-refractivity contribution in [2.24, 2.45) is 0 Å². The highest BCUT2D eigenvalue weighted by atomic mass is 32.1. The van der Waals surface area contributed by atoms with Crippen molar-refractivity contribution in [1.82, 2.24) is 9.38 Å². The maximum atomic E-state index is 12.5. The smallest absolute Gasteiger partial charge is 0.266 e. The Kier molecular flexibility index (Phi) is 3.39. The number of fused-ring (bicyclic) bond motifs is 3. The summed E-state index contributed by atoms with van der Waals surface area (Å²) < 4.78 is 1.53. The van der Waals surface area contributed by atoms with Crippen LogP contribution in [-0.4, -0.2) is 15.3 Å². The van der Waals surface area contributed by atoms with Crippen LogP contribution in [0.3, 0.4) is 0 Å². The van der Waals surface area contributed by atoms with Gasteiger partial charge in [-0.3, -0.25) is 14.0 Å². The number of carbonyl (C=O) groups excluding carboxylic acids is 1. The summed E-state index contributed by atoms with van der Waals surface area (Å²) in [7, 11) is 0. The van der Waals surface area contributed by atoms with Crippen molar-refractivity contribution in [3.05, 3.63) is 75.4 Å². The summed E-state index contributed by atoms with van der Waals surface area (Å²) in [5.41, 5.74) is 2.93.